The van der Waals surface area contributed by atoms with Crippen molar-refractivity contribution >= 4 is 11.3 Å². The minimum absolute atomic E-state index is 0.692. The quantitative estimate of drug-likeness (QED) is 0.549. The second-order valence-electron chi connectivity index (χ2n) is 3.99. The summed E-state index contributed by atoms with van der Waals surface area (Å²) in [5.74, 6) is 0. The van der Waals surface area contributed by atoms with Gasteiger partial charge in [-0.15, -0.1) is 0 Å². The highest BCUT2D eigenvalue weighted by molar-refractivity contribution is 5.85. The van der Waals surface area contributed by atoms with E-state index in [1.165, 1.54) is 0 Å². The molecular weight excluding hydrogens is 208 g/mol. The zero-order valence-corrected chi connectivity index (χ0v) is 10.4. The van der Waals surface area contributed by atoms with Crippen LogP contribution in [0.4, 0.5) is 0 Å². The first-order valence-corrected chi connectivity index (χ1v) is 6.08. The number of nitrogens with one attached hydrogen (secondary N) is 1. The van der Waals surface area contributed by atoms with Crippen LogP contribution in [-0.4, -0.2) is 10.7 Å². The molecule has 0 aliphatic carbocycles. The predicted molar refractivity (Wildman–Crippen MR) is 74.3 cm³/mol. The van der Waals surface area contributed by atoms with Crippen LogP contribution in [-0.2, 0) is 0 Å². The van der Waals surface area contributed by atoms with Gasteiger partial charge in [-0.1, -0.05) is 38.1 Å². The van der Waals surface area contributed by atoms with Gasteiger partial charge in [-0.3, -0.25) is 4.98 Å². The summed E-state index contributed by atoms with van der Waals surface area (Å²) in [4.78, 5) is 4.28. The van der Waals surface area contributed by atoms with E-state index >= 15 is 0 Å². The van der Waals surface area contributed by atoms with E-state index in [0.29, 0.717) is 6.42 Å². The van der Waals surface area contributed by atoms with E-state index in [2.05, 4.69) is 18.5 Å². The van der Waals surface area contributed by atoms with E-state index in [-0.39, 0.29) is 0 Å². The Morgan fingerprint density at radius 2 is 2.29 bits per heavy atom. The molecule has 0 aliphatic rings. The maximum absolute atomic E-state index is 7.82. The van der Waals surface area contributed by atoms with Gasteiger partial charge in [-0.25, -0.2) is 0 Å². The number of aromatic nitrogens is 1. The van der Waals surface area contributed by atoms with Crippen LogP contribution >= 0.6 is 0 Å². The van der Waals surface area contributed by atoms with Crippen LogP contribution in [0.2, 0.25) is 0 Å². The summed E-state index contributed by atoms with van der Waals surface area (Å²) in [7, 11) is 0. The molecule has 0 aromatic carbocycles. The molecule has 0 amide bonds. The van der Waals surface area contributed by atoms with Gasteiger partial charge in [-0.2, -0.15) is 0 Å². The minimum atomic E-state index is 0.692. The Morgan fingerprint density at radius 1 is 1.47 bits per heavy atom. The Hall–Kier alpha value is -1.70. The molecule has 0 saturated carbocycles. The molecule has 1 rings (SSSR count). The topological polar surface area (TPSA) is 36.7 Å². The van der Waals surface area contributed by atoms with Gasteiger partial charge in [0.25, 0.3) is 0 Å². The third kappa shape index (κ3) is 4.77. The fraction of sp³-hybridized carbons (Fsp3) is 0.333. The second-order valence-corrected chi connectivity index (χ2v) is 3.99. The molecule has 0 atom stereocenters. The van der Waals surface area contributed by atoms with Crippen molar-refractivity contribution in [3.63, 3.8) is 0 Å². The van der Waals surface area contributed by atoms with Gasteiger partial charge in [0.15, 0.2) is 0 Å². The summed E-state index contributed by atoms with van der Waals surface area (Å²) in [6.07, 6.45) is 9.43. The molecule has 90 valence electrons. The van der Waals surface area contributed by atoms with Crippen LogP contribution in [0.5, 0.6) is 0 Å². The number of rotatable bonds is 7. The Labute approximate surface area is 104 Å². The van der Waals surface area contributed by atoms with Crippen LogP contribution < -0.4 is 0 Å². The lowest BCUT2D eigenvalue weighted by molar-refractivity contribution is 0.826. The van der Waals surface area contributed by atoms with Gasteiger partial charge >= 0.3 is 0 Å². The van der Waals surface area contributed by atoms with Gasteiger partial charge in [-0.05, 0) is 30.5 Å². The fourth-order valence-electron chi connectivity index (χ4n) is 1.55. The average Bonchev–Trinajstić information content (AvgIpc) is 2.38. The summed E-state index contributed by atoms with van der Waals surface area (Å²) in [5.41, 5.74) is 2.71. The number of hydrogen-bond acceptors (Lipinski definition) is 2. The van der Waals surface area contributed by atoms with Gasteiger partial charge in [0, 0.05) is 18.3 Å². The lowest BCUT2D eigenvalue weighted by atomic mass is 10.1. The van der Waals surface area contributed by atoms with Crippen LogP contribution in [0.25, 0.3) is 5.57 Å². The summed E-state index contributed by atoms with van der Waals surface area (Å²) in [6, 6.07) is 5.82. The number of allylic oxidation sites excluding steroid dienone is 3. The van der Waals surface area contributed by atoms with Crippen molar-refractivity contribution < 1.29 is 0 Å². The third-order valence-corrected chi connectivity index (χ3v) is 2.58. The molecule has 1 aromatic rings. The second kappa shape index (κ2) is 7.55. The molecule has 1 aromatic heterocycles. The highest BCUT2D eigenvalue weighted by atomic mass is 14.7. The first kappa shape index (κ1) is 13.4. The Bertz CT molecular complexity index is 391. The van der Waals surface area contributed by atoms with Gasteiger partial charge < -0.3 is 5.41 Å². The lowest BCUT2D eigenvalue weighted by Crippen LogP contribution is -1.95. The molecular formula is C15H20N2. The van der Waals surface area contributed by atoms with Crippen molar-refractivity contribution in [2.75, 3.05) is 0 Å². The molecule has 2 heteroatoms. The summed E-state index contributed by atoms with van der Waals surface area (Å²) in [5, 5.41) is 7.82. The minimum Gasteiger partial charge on any atom is -0.309 e. The SMILES string of the molecule is C=C/C(=C\CC(=N)CCCC)c1ccccn1. The van der Waals surface area contributed by atoms with Crippen molar-refractivity contribution in [2.45, 2.75) is 32.6 Å². The molecule has 2 nitrogen and oxygen atoms in total. The van der Waals surface area contributed by atoms with Crippen LogP contribution in [0.1, 0.15) is 38.3 Å². The molecule has 0 fully saturated rings. The fourth-order valence-corrected chi connectivity index (χ4v) is 1.55. The monoisotopic (exact) mass is 228 g/mol. The molecule has 17 heavy (non-hydrogen) atoms. The normalized spacial score (nSPS) is 11.2. The van der Waals surface area contributed by atoms with Gasteiger partial charge in [0.05, 0.1) is 5.69 Å². The van der Waals surface area contributed by atoms with Gasteiger partial charge in [0.2, 0.25) is 0 Å². The van der Waals surface area contributed by atoms with Crippen molar-refractivity contribution in [3.05, 3.63) is 48.8 Å². The molecule has 1 N–H and O–H groups in total. The van der Waals surface area contributed by atoms with E-state index in [9.17, 15) is 0 Å². The van der Waals surface area contributed by atoms with E-state index in [4.69, 9.17) is 5.41 Å². The van der Waals surface area contributed by atoms with Crippen LogP contribution in [0.15, 0.2) is 43.1 Å². The molecule has 0 radical (unpaired) electrons. The molecule has 0 aliphatic heterocycles. The highest BCUT2D eigenvalue weighted by Crippen LogP contribution is 2.13. The summed E-state index contributed by atoms with van der Waals surface area (Å²) >= 11 is 0. The van der Waals surface area contributed by atoms with E-state index < -0.39 is 0 Å². The molecule has 0 saturated heterocycles. The first-order chi connectivity index (χ1) is 8.27. The van der Waals surface area contributed by atoms with Crippen LogP contribution in [0.3, 0.4) is 0 Å². The van der Waals surface area contributed by atoms with E-state index in [0.717, 1.165) is 36.2 Å². The molecule has 0 spiro atoms. The lowest BCUT2D eigenvalue weighted by Gasteiger charge is -2.02. The number of pyridine rings is 1. The molecule has 0 bridgehead atoms. The van der Waals surface area contributed by atoms with Crippen molar-refractivity contribution in [3.8, 4) is 0 Å². The number of hydrogen-bond donors (Lipinski definition) is 1. The Kier molecular flexibility index (Phi) is 5.94. The van der Waals surface area contributed by atoms with E-state index in [1.807, 2.05) is 24.3 Å². The van der Waals surface area contributed by atoms with Crippen molar-refractivity contribution in [2.24, 2.45) is 0 Å². The largest absolute Gasteiger partial charge is 0.309 e. The zero-order chi connectivity index (χ0) is 12.5. The summed E-state index contributed by atoms with van der Waals surface area (Å²) < 4.78 is 0. The Balaban J connectivity index is 2.62. The zero-order valence-electron chi connectivity index (χ0n) is 10.4. The average molecular weight is 228 g/mol. The standard InChI is InChI=1S/C15H20N2/c1-3-5-8-14(16)11-10-13(4-2)15-9-6-7-12-17-15/h4,6-7,9-10,12,16H,2-3,5,8,11H2,1H3/b13-10+,16-14?. The molecule has 1 heterocycles. The molecule has 0 unspecified atom stereocenters. The summed E-state index contributed by atoms with van der Waals surface area (Å²) in [6.45, 7) is 5.94. The highest BCUT2D eigenvalue weighted by Gasteiger charge is 1.99. The maximum Gasteiger partial charge on any atom is 0.0698 e. The van der Waals surface area contributed by atoms with Gasteiger partial charge in [0.1, 0.15) is 0 Å². The van der Waals surface area contributed by atoms with Crippen molar-refractivity contribution in [1.29, 1.82) is 5.41 Å². The van der Waals surface area contributed by atoms with Crippen LogP contribution in [0, 0.1) is 5.41 Å². The number of unbranched alkanes of at least 4 members (excludes halogenated alkanes) is 1. The maximum atomic E-state index is 7.82. The van der Waals surface area contributed by atoms with E-state index in [1.54, 1.807) is 12.3 Å². The third-order valence-electron chi connectivity index (χ3n) is 2.58. The Morgan fingerprint density at radius 3 is 2.88 bits per heavy atom. The predicted octanol–water partition coefficient (Wildman–Crippen LogP) is 4.25. The number of nitrogens with zero attached hydrogens (tertiary/aromatic N) is 1. The van der Waals surface area contributed by atoms with Crippen molar-refractivity contribution in [1.82, 2.24) is 4.98 Å². The first-order valence-electron chi connectivity index (χ1n) is 6.08. The smallest absolute Gasteiger partial charge is 0.0698 e.